The molecular formula is C19H20N2O4. The third kappa shape index (κ3) is 3.18. The fourth-order valence-corrected chi connectivity index (χ4v) is 3.16. The quantitative estimate of drug-likeness (QED) is 0.717. The lowest BCUT2D eigenvalue weighted by atomic mass is 10.2. The topological polar surface area (TPSA) is 56.8 Å². The Bertz CT molecular complexity index is 863. The first-order valence-corrected chi connectivity index (χ1v) is 8.32. The molecule has 1 aromatic carbocycles. The molecule has 1 saturated heterocycles. The maximum Gasteiger partial charge on any atom is 0.290 e. The summed E-state index contributed by atoms with van der Waals surface area (Å²) in [6.07, 6.45) is 1.11. The van der Waals surface area contributed by atoms with Gasteiger partial charge < -0.3 is 23.4 Å². The van der Waals surface area contributed by atoms with Gasteiger partial charge in [0.05, 0.1) is 32.6 Å². The Hall–Kier alpha value is -2.57. The second-order valence-electron chi connectivity index (χ2n) is 6.09. The van der Waals surface area contributed by atoms with Gasteiger partial charge in [-0.2, -0.15) is 0 Å². The zero-order valence-corrected chi connectivity index (χ0v) is 14.1. The van der Waals surface area contributed by atoms with Crippen molar-refractivity contribution in [2.75, 3.05) is 19.8 Å². The average molecular weight is 340 g/mol. The second kappa shape index (κ2) is 6.74. The van der Waals surface area contributed by atoms with Crippen LogP contribution in [0.2, 0.25) is 0 Å². The van der Waals surface area contributed by atoms with Crippen molar-refractivity contribution in [1.82, 2.24) is 9.47 Å². The third-order valence-corrected chi connectivity index (χ3v) is 4.48. The van der Waals surface area contributed by atoms with Gasteiger partial charge in [0.15, 0.2) is 12.1 Å². The third-order valence-electron chi connectivity index (χ3n) is 4.48. The molecule has 3 heterocycles. The molecule has 2 aromatic heterocycles. The molecule has 0 N–H and O–H groups in total. The molecule has 1 aliphatic heterocycles. The summed E-state index contributed by atoms with van der Waals surface area (Å²) < 4.78 is 18.4. The van der Waals surface area contributed by atoms with Crippen molar-refractivity contribution in [3.63, 3.8) is 0 Å². The van der Waals surface area contributed by atoms with E-state index in [0.29, 0.717) is 32.1 Å². The van der Waals surface area contributed by atoms with E-state index in [1.807, 2.05) is 19.2 Å². The van der Waals surface area contributed by atoms with E-state index in [4.69, 9.17) is 13.9 Å². The summed E-state index contributed by atoms with van der Waals surface area (Å²) in [5.41, 5.74) is 2.18. The molecule has 25 heavy (non-hydrogen) atoms. The van der Waals surface area contributed by atoms with Crippen LogP contribution >= 0.6 is 0 Å². The molecule has 0 unspecified atom stereocenters. The molecule has 6 heteroatoms. The zero-order valence-electron chi connectivity index (χ0n) is 14.1. The number of para-hydroxylation sites is 1. The zero-order chi connectivity index (χ0) is 17.2. The molecule has 130 valence electrons. The van der Waals surface area contributed by atoms with Crippen LogP contribution in [-0.2, 0) is 23.1 Å². The summed E-state index contributed by atoms with van der Waals surface area (Å²) in [6.45, 7) is 1.93. The van der Waals surface area contributed by atoms with Crippen LogP contribution in [0.5, 0.6) is 0 Å². The van der Waals surface area contributed by atoms with Crippen LogP contribution in [0.3, 0.4) is 0 Å². The Morgan fingerprint density at radius 3 is 2.72 bits per heavy atom. The predicted molar refractivity (Wildman–Crippen MR) is 92.1 cm³/mol. The molecule has 6 nitrogen and oxygen atoms in total. The monoisotopic (exact) mass is 340 g/mol. The lowest BCUT2D eigenvalue weighted by molar-refractivity contribution is -0.0590. The molecule has 0 bridgehead atoms. The van der Waals surface area contributed by atoms with Crippen molar-refractivity contribution in [3.05, 3.63) is 60.2 Å². The van der Waals surface area contributed by atoms with Gasteiger partial charge in [0.25, 0.3) is 5.91 Å². The number of amides is 1. The number of carbonyl (C=O) groups is 1. The summed E-state index contributed by atoms with van der Waals surface area (Å²) >= 11 is 0. The maximum absolute atomic E-state index is 12.8. The molecule has 0 radical (unpaired) electrons. The van der Waals surface area contributed by atoms with Crippen LogP contribution in [0.1, 0.15) is 16.2 Å². The van der Waals surface area contributed by atoms with E-state index in [1.165, 1.54) is 6.26 Å². The molecular weight excluding hydrogens is 320 g/mol. The minimum atomic E-state index is -0.395. The van der Waals surface area contributed by atoms with Crippen LogP contribution in [0, 0.1) is 0 Å². The molecule has 1 fully saturated rings. The lowest BCUT2D eigenvalue weighted by Crippen LogP contribution is -2.37. The van der Waals surface area contributed by atoms with Gasteiger partial charge in [-0.1, -0.05) is 18.2 Å². The van der Waals surface area contributed by atoms with Crippen molar-refractivity contribution in [3.8, 4) is 0 Å². The summed E-state index contributed by atoms with van der Waals surface area (Å²) in [4.78, 5) is 14.5. The normalized spacial score (nSPS) is 15.1. The van der Waals surface area contributed by atoms with Crippen LogP contribution in [0.15, 0.2) is 53.1 Å². The van der Waals surface area contributed by atoms with E-state index in [-0.39, 0.29) is 5.91 Å². The minimum absolute atomic E-state index is 0.172. The number of furan rings is 1. The van der Waals surface area contributed by atoms with E-state index in [2.05, 4.69) is 22.8 Å². The minimum Gasteiger partial charge on any atom is -0.459 e. The first-order valence-electron chi connectivity index (χ1n) is 8.32. The first kappa shape index (κ1) is 15.9. The van der Waals surface area contributed by atoms with Gasteiger partial charge in [-0.25, -0.2) is 0 Å². The Kier molecular flexibility index (Phi) is 4.29. The maximum atomic E-state index is 12.8. The van der Waals surface area contributed by atoms with Gasteiger partial charge in [0, 0.05) is 18.3 Å². The number of hydrogen-bond donors (Lipinski definition) is 0. The largest absolute Gasteiger partial charge is 0.459 e. The highest BCUT2D eigenvalue weighted by molar-refractivity contribution is 5.91. The standard InChI is InChI=1S/C19H20N2O4/c1-20-15(11-14-5-2-3-6-16(14)20)12-21(13-18-24-9-10-25-18)19(22)17-7-4-8-23-17/h2-8,11,18H,9-10,12-13H2,1H3. The Morgan fingerprint density at radius 2 is 2.00 bits per heavy atom. The number of hydrogen-bond acceptors (Lipinski definition) is 4. The first-order chi connectivity index (χ1) is 12.2. The van der Waals surface area contributed by atoms with Crippen molar-refractivity contribution in [2.24, 2.45) is 7.05 Å². The number of fused-ring (bicyclic) bond motifs is 1. The number of aryl methyl sites for hydroxylation is 1. The number of rotatable bonds is 5. The molecule has 0 spiro atoms. The van der Waals surface area contributed by atoms with Crippen molar-refractivity contribution < 1.29 is 18.7 Å². The van der Waals surface area contributed by atoms with Gasteiger partial charge in [0.2, 0.25) is 0 Å². The van der Waals surface area contributed by atoms with Crippen molar-refractivity contribution in [1.29, 1.82) is 0 Å². The molecule has 0 aliphatic carbocycles. The number of aromatic nitrogens is 1. The Labute approximate surface area is 145 Å². The number of carbonyl (C=O) groups excluding carboxylic acids is 1. The van der Waals surface area contributed by atoms with E-state index >= 15 is 0 Å². The predicted octanol–water partition coefficient (Wildman–Crippen LogP) is 2.79. The van der Waals surface area contributed by atoms with Crippen LogP contribution in [0.4, 0.5) is 0 Å². The highest BCUT2D eigenvalue weighted by Crippen LogP contribution is 2.21. The van der Waals surface area contributed by atoms with Gasteiger partial charge in [-0.15, -0.1) is 0 Å². The average Bonchev–Trinajstić information content (AvgIpc) is 3.37. The van der Waals surface area contributed by atoms with E-state index in [9.17, 15) is 4.79 Å². The summed E-state index contributed by atoms with van der Waals surface area (Å²) in [7, 11) is 2.01. The smallest absolute Gasteiger partial charge is 0.290 e. The molecule has 0 atom stereocenters. The summed E-state index contributed by atoms with van der Waals surface area (Å²) in [6, 6.07) is 13.7. The van der Waals surface area contributed by atoms with Crippen molar-refractivity contribution >= 4 is 16.8 Å². The highest BCUT2D eigenvalue weighted by Gasteiger charge is 2.26. The van der Waals surface area contributed by atoms with Crippen LogP contribution < -0.4 is 0 Å². The highest BCUT2D eigenvalue weighted by atomic mass is 16.7. The molecule has 4 rings (SSSR count). The number of ether oxygens (including phenoxy) is 2. The summed E-state index contributed by atoms with van der Waals surface area (Å²) in [5.74, 6) is 0.145. The van der Waals surface area contributed by atoms with Gasteiger partial charge in [-0.05, 0) is 29.7 Å². The van der Waals surface area contributed by atoms with E-state index in [0.717, 1.165) is 16.6 Å². The SMILES string of the molecule is Cn1c(CN(CC2OCCO2)C(=O)c2ccco2)cc2ccccc21. The Balaban J connectivity index is 1.62. The van der Waals surface area contributed by atoms with Crippen LogP contribution in [-0.4, -0.2) is 41.4 Å². The molecule has 1 amide bonds. The fourth-order valence-electron chi connectivity index (χ4n) is 3.16. The fraction of sp³-hybridized carbons (Fsp3) is 0.316. The summed E-state index contributed by atoms with van der Waals surface area (Å²) in [5, 5.41) is 1.15. The van der Waals surface area contributed by atoms with Gasteiger partial charge >= 0.3 is 0 Å². The van der Waals surface area contributed by atoms with Gasteiger partial charge in [0.1, 0.15) is 0 Å². The molecule has 1 aliphatic rings. The number of nitrogens with zero attached hydrogens (tertiary/aromatic N) is 2. The van der Waals surface area contributed by atoms with Crippen LogP contribution in [0.25, 0.3) is 10.9 Å². The second-order valence-corrected chi connectivity index (χ2v) is 6.09. The Morgan fingerprint density at radius 1 is 1.20 bits per heavy atom. The molecule has 0 saturated carbocycles. The van der Waals surface area contributed by atoms with Gasteiger partial charge in [-0.3, -0.25) is 4.79 Å². The number of benzene rings is 1. The van der Waals surface area contributed by atoms with E-state index < -0.39 is 6.29 Å². The van der Waals surface area contributed by atoms with Crippen molar-refractivity contribution in [2.45, 2.75) is 12.8 Å². The lowest BCUT2D eigenvalue weighted by Gasteiger charge is -2.24. The van der Waals surface area contributed by atoms with E-state index in [1.54, 1.807) is 17.0 Å². The molecule has 3 aromatic rings.